The van der Waals surface area contributed by atoms with Crippen LogP contribution in [-0.4, -0.2) is 75.1 Å². The Kier molecular flexibility index (Phi) is 8.87. The molecule has 0 spiro atoms. The number of aromatic hydroxyl groups is 1. The number of carbonyl (C=O) groups is 3. The number of hydrazine groups is 1. The topological polar surface area (TPSA) is 96.4 Å². The number of hydrogen-bond donors (Lipinski definition) is 2. The summed E-state index contributed by atoms with van der Waals surface area (Å²) in [5.41, 5.74) is 1.69. The van der Waals surface area contributed by atoms with Gasteiger partial charge in [-0.05, 0) is 29.3 Å². The maximum Gasteiger partial charge on any atom is 0.334 e. The Labute approximate surface area is 237 Å². The van der Waals surface area contributed by atoms with Crippen molar-refractivity contribution in [1.82, 2.24) is 25.1 Å². The Hall–Kier alpha value is -4.51. The van der Waals surface area contributed by atoms with E-state index in [1.807, 2.05) is 30.3 Å². The summed E-state index contributed by atoms with van der Waals surface area (Å²) < 4.78 is 28.1. The number of fused-ring (bicyclic) bond motifs is 1. The molecule has 1 unspecified atom stereocenters. The highest BCUT2D eigenvalue weighted by Crippen LogP contribution is 2.29. The van der Waals surface area contributed by atoms with Gasteiger partial charge in [0, 0.05) is 38.2 Å². The summed E-state index contributed by atoms with van der Waals surface area (Å²) >= 11 is 0. The SMILES string of the molecule is C.CN1CC(=O)N2C(CN(Cc3ccc(F)cc3F)C(=O)[C@@H]2Cc2ccc(O)cc2)N1C(=O)NCc1ccccc1. The van der Waals surface area contributed by atoms with Crippen LogP contribution in [0.25, 0.3) is 0 Å². The molecule has 0 bridgehead atoms. The molecule has 2 N–H and O–H groups in total. The predicted octanol–water partition coefficient (Wildman–Crippen LogP) is 3.49. The smallest absolute Gasteiger partial charge is 0.334 e. The third-order valence-electron chi connectivity index (χ3n) is 7.18. The minimum absolute atomic E-state index is 0. The summed E-state index contributed by atoms with van der Waals surface area (Å²) in [4.78, 5) is 43.5. The van der Waals surface area contributed by atoms with Gasteiger partial charge in [-0.3, -0.25) is 9.59 Å². The maximum absolute atomic E-state index is 14.6. The van der Waals surface area contributed by atoms with E-state index >= 15 is 0 Å². The number of urea groups is 1. The van der Waals surface area contributed by atoms with Crippen molar-refractivity contribution in [1.29, 1.82) is 0 Å². The van der Waals surface area contributed by atoms with E-state index in [1.165, 1.54) is 38.0 Å². The van der Waals surface area contributed by atoms with E-state index in [0.29, 0.717) is 5.56 Å². The zero-order valence-corrected chi connectivity index (χ0v) is 21.8. The van der Waals surface area contributed by atoms with Crippen LogP contribution in [0, 0.1) is 11.6 Å². The van der Waals surface area contributed by atoms with E-state index in [0.717, 1.165) is 17.7 Å². The normalized spacial score (nSPS) is 19.0. The minimum atomic E-state index is -0.988. The lowest BCUT2D eigenvalue weighted by molar-refractivity contribution is -0.187. The first kappa shape index (κ1) is 29.5. The molecule has 216 valence electrons. The third-order valence-corrected chi connectivity index (χ3v) is 7.18. The molecule has 0 saturated carbocycles. The van der Waals surface area contributed by atoms with Crippen molar-refractivity contribution >= 4 is 17.8 Å². The van der Waals surface area contributed by atoms with Crippen molar-refractivity contribution in [2.24, 2.45) is 0 Å². The van der Waals surface area contributed by atoms with Crippen molar-refractivity contribution in [2.75, 3.05) is 20.1 Å². The summed E-state index contributed by atoms with van der Waals surface area (Å²) in [6.07, 6.45) is -0.752. The second-order valence-electron chi connectivity index (χ2n) is 9.93. The summed E-state index contributed by atoms with van der Waals surface area (Å²) in [5, 5.41) is 15.5. The fraction of sp³-hybridized carbons (Fsp3) is 0.300. The first-order chi connectivity index (χ1) is 19.2. The number of piperazine rings is 1. The number of rotatable bonds is 6. The van der Waals surface area contributed by atoms with Gasteiger partial charge in [0.25, 0.3) is 0 Å². The lowest BCUT2D eigenvalue weighted by atomic mass is 9.98. The van der Waals surface area contributed by atoms with Gasteiger partial charge in [0.1, 0.15) is 29.6 Å². The van der Waals surface area contributed by atoms with Crippen LogP contribution >= 0.6 is 0 Å². The molecule has 2 atom stereocenters. The van der Waals surface area contributed by atoms with Gasteiger partial charge in [0.15, 0.2) is 0 Å². The molecule has 3 aromatic carbocycles. The van der Waals surface area contributed by atoms with Crippen LogP contribution in [0.1, 0.15) is 24.1 Å². The number of phenolic OH excluding ortho intramolecular Hbond substituents is 1. The quantitative estimate of drug-likeness (QED) is 0.477. The molecule has 2 heterocycles. The second kappa shape index (κ2) is 12.3. The number of nitrogens with zero attached hydrogens (tertiary/aromatic N) is 4. The van der Waals surface area contributed by atoms with Gasteiger partial charge in [0.2, 0.25) is 11.8 Å². The van der Waals surface area contributed by atoms with Crippen LogP contribution in [0.2, 0.25) is 0 Å². The molecule has 4 amide bonds. The van der Waals surface area contributed by atoms with E-state index in [9.17, 15) is 28.3 Å². The third kappa shape index (κ3) is 6.30. The van der Waals surface area contributed by atoms with Crippen LogP contribution in [-0.2, 0) is 29.1 Å². The molecule has 0 aliphatic carbocycles. The van der Waals surface area contributed by atoms with Gasteiger partial charge >= 0.3 is 6.03 Å². The van der Waals surface area contributed by atoms with Gasteiger partial charge in [-0.25, -0.2) is 23.6 Å². The van der Waals surface area contributed by atoms with E-state index in [-0.39, 0.29) is 57.2 Å². The zero-order chi connectivity index (χ0) is 28.4. The predicted molar refractivity (Wildman–Crippen MR) is 148 cm³/mol. The van der Waals surface area contributed by atoms with E-state index < -0.39 is 35.8 Å². The number of likely N-dealkylation sites (N-methyl/N-ethyl adjacent to an activating group) is 1. The van der Waals surface area contributed by atoms with Gasteiger partial charge < -0.3 is 20.2 Å². The van der Waals surface area contributed by atoms with Crippen molar-refractivity contribution in [3.05, 3.63) is 101 Å². The Morgan fingerprint density at radius 1 is 1.00 bits per heavy atom. The fourth-order valence-electron chi connectivity index (χ4n) is 5.21. The van der Waals surface area contributed by atoms with Crippen molar-refractivity contribution in [2.45, 2.75) is 39.1 Å². The highest BCUT2D eigenvalue weighted by molar-refractivity contribution is 5.91. The van der Waals surface area contributed by atoms with Crippen LogP contribution in [0.15, 0.2) is 72.8 Å². The largest absolute Gasteiger partial charge is 0.508 e. The van der Waals surface area contributed by atoms with E-state index in [1.54, 1.807) is 19.2 Å². The molecule has 41 heavy (non-hydrogen) atoms. The standard InChI is InChI=1S/C29H29F2N5O4.CH4/c1-33-18-27(38)35-25(13-19-7-11-23(37)12-8-19)28(39)34(16-21-9-10-22(30)14-24(21)31)17-26(35)36(33)29(40)32-15-20-5-3-2-4-6-20;/h2-12,14,25-26,37H,13,15-18H2,1H3,(H,32,40);1H4/t25-,26?;/m0./s1. The molecular formula is C30H33F2N5O4. The Bertz CT molecular complexity index is 1410. The molecule has 0 aromatic heterocycles. The monoisotopic (exact) mass is 565 g/mol. The molecule has 5 rings (SSSR count). The Balaban J connectivity index is 0.00000387. The number of halogens is 2. The highest BCUT2D eigenvalue weighted by Gasteiger charge is 2.50. The summed E-state index contributed by atoms with van der Waals surface area (Å²) in [7, 11) is 1.62. The van der Waals surface area contributed by atoms with Gasteiger partial charge in [0.05, 0.1) is 13.1 Å². The first-order valence-electron chi connectivity index (χ1n) is 12.8. The summed E-state index contributed by atoms with van der Waals surface area (Å²) in [6, 6.07) is 17.3. The van der Waals surface area contributed by atoms with Crippen molar-refractivity contribution < 1.29 is 28.3 Å². The van der Waals surface area contributed by atoms with Crippen molar-refractivity contribution in [3.8, 4) is 5.75 Å². The molecular weight excluding hydrogens is 532 g/mol. The lowest BCUT2D eigenvalue weighted by Crippen LogP contribution is -2.76. The highest BCUT2D eigenvalue weighted by atomic mass is 19.1. The van der Waals surface area contributed by atoms with E-state index in [4.69, 9.17) is 0 Å². The number of benzene rings is 3. The van der Waals surface area contributed by atoms with Crippen LogP contribution in [0.3, 0.4) is 0 Å². The minimum Gasteiger partial charge on any atom is -0.508 e. The molecule has 2 aliphatic rings. The van der Waals surface area contributed by atoms with E-state index in [2.05, 4.69) is 5.32 Å². The summed E-state index contributed by atoms with van der Waals surface area (Å²) in [6.45, 7) is -0.110. The second-order valence-corrected chi connectivity index (χ2v) is 9.93. The molecule has 2 fully saturated rings. The van der Waals surface area contributed by atoms with Crippen LogP contribution in [0.4, 0.5) is 13.6 Å². The first-order valence-corrected chi connectivity index (χ1v) is 12.8. The van der Waals surface area contributed by atoms with Gasteiger partial charge in [-0.1, -0.05) is 56.0 Å². The number of carbonyl (C=O) groups excluding carboxylic acids is 3. The van der Waals surface area contributed by atoms with Gasteiger partial charge in [-0.2, -0.15) is 0 Å². The lowest BCUT2D eigenvalue weighted by Gasteiger charge is -2.54. The average Bonchev–Trinajstić information content (AvgIpc) is 2.92. The molecule has 2 saturated heterocycles. The number of hydrogen-bond acceptors (Lipinski definition) is 5. The Morgan fingerprint density at radius 2 is 1.71 bits per heavy atom. The zero-order valence-electron chi connectivity index (χ0n) is 21.8. The average molecular weight is 566 g/mol. The molecule has 3 aromatic rings. The van der Waals surface area contributed by atoms with Crippen LogP contribution < -0.4 is 5.32 Å². The van der Waals surface area contributed by atoms with Gasteiger partial charge in [-0.15, -0.1) is 0 Å². The molecule has 11 heteroatoms. The Morgan fingerprint density at radius 3 is 2.39 bits per heavy atom. The number of phenols is 1. The fourth-order valence-corrected chi connectivity index (χ4v) is 5.21. The summed E-state index contributed by atoms with van der Waals surface area (Å²) in [5.74, 6) is -2.22. The number of amides is 4. The van der Waals surface area contributed by atoms with Crippen molar-refractivity contribution in [3.63, 3.8) is 0 Å². The van der Waals surface area contributed by atoms with Crippen LogP contribution in [0.5, 0.6) is 5.75 Å². The molecule has 2 aliphatic heterocycles. The number of nitrogens with one attached hydrogen (secondary N) is 1. The molecule has 9 nitrogen and oxygen atoms in total. The molecule has 0 radical (unpaired) electrons. The maximum atomic E-state index is 14.6.